The highest BCUT2D eigenvalue weighted by atomic mass is 32.1. The first-order valence-corrected chi connectivity index (χ1v) is 8.22. The zero-order valence-electron chi connectivity index (χ0n) is 12.7. The number of aromatic nitrogens is 2. The molecule has 0 atom stereocenters. The summed E-state index contributed by atoms with van der Waals surface area (Å²) in [4.78, 5) is 28.2. The molecule has 0 aliphatic rings. The van der Waals surface area contributed by atoms with E-state index < -0.39 is 0 Å². The SMILES string of the molecule is Cc1ccc2nc(COC(=O)CCc3ccsc3)cc(=O)n2c1. The van der Waals surface area contributed by atoms with Crippen molar-refractivity contribution < 1.29 is 9.53 Å². The summed E-state index contributed by atoms with van der Waals surface area (Å²) in [7, 11) is 0. The Hall–Kier alpha value is -2.47. The fourth-order valence-corrected chi connectivity index (χ4v) is 2.94. The van der Waals surface area contributed by atoms with Gasteiger partial charge >= 0.3 is 5.97 Å². The van der Waals surface area contributed by atoms with Crippen LogP contribution >= 0.6 is 11.3 Å². The van der Waals surface area contributed by atoms with E-state index >= 15 is 0 Å². The first-order chi connectivity index (χ1) is 11.1. The Bertz CT molecular complexity index is 884. The van der Waals surface area contributed by atoms with E-state index in [1.165, 1.54) is 10.5 Å². The second-order valence-corrected chi connectivity index (χ2v) is 6.09. The summed E-state index contributed by atoms with van der Waals surface area (Å²) in [5, 5.41) is 4.00. The topological polar surface area (TPSA) is 60.7 Å². The van der Waals surface area contributed by atoms with Crippen LogP contribution in [-0.2, 0) is 22.6 Å². The molecule has 0 amide bonds. The van der Waals surface area contributed by atoms with E-state index in [4.69, 9.17) is 4.74 Å². The number of esters is 1. The van der Waals surface area contributed by atoms with Gasteiger partial charge < -0.3 is 4.74 Å². The molecular weight excluding hydrogens is 312 g/mol. The van der Waals surface area contributed by atoms with Crippen LogP contribution in [0.15, 0.2) is 46.0 Å². The molecule has 0 N–H and O–H groups in total. The van der Waals surface area contributed by atoms with E-state index in [1.54, 1.807) is 23.6 Å². The number of hydrogen-bond acceptors (Lipinski definition) is 5. The van der Waals surface area contributed by atoms with Gasteiger partial charge in [-0.15, -0.1) is 0 Å². The minimum absolute atomic E-state index is 0.0160. The summed E-state index contributed by atoms with van der Waals surface area (Å²) in [6.45, 7) is 1.93. The summed E-state index contributed by atoms with van der Waals surface area (Å²) < 4.78 is 6.69. The number of thiophene rings is 1. The van der Waals surface area contributed by atoms with Crippen LogP contribution < -0.4 is 5.56 Å². The average molecular weight is 328 g/mol. The fourth-order valence-electron chi connectivity index (χ4n) is 2.24. The third kappa shape index (κ3) is 3.84. The fraction of sp³-hybridized carbons (Fsp3) is 0.235. The highest BCUT2D eigenvalue weighted by molar-refractivity contribution is 7.07. The van der Waals surface area contributed by atoms with Gasteiger partial charge in [0, 0.05) is 18.7 Å². The monoisotopic (exact) mass is 328 g/mol. The standard InChI is InChI=1S/C17H16N2O3S/c1-12-2-4-15-18-14(8-16(20)19(15)9-12)10-22-17(21)5-3-13-6-7-23-11-13/h2,4,6-9,11H,3,5,10H2,1H3. The van der Waals surface area contributed by atoms with E-state index in [-0.39, 0.29) is 18.1 Å². The Balaban J connectivity index is 1.64. The number of ether oxygens (including phenoxy) is 1. The van der Waals surface area contributed by atoms with Gasteiger partial charge in [0.15, 0.2) is 0 Å². The molecule has 0 saturated heterocycles. The summed E-state index contributed by atoms with van der Waals surface area (Å²) in [6.07, 6.45) is 2.72. The number of rotatable bonds is 5. The molecule has 3 rings (SSSR count). The van der Waals surface area contributed by atoms with Crippen molar-refractivity contribution in [2.45, 2.75) is 26.4 Å². The zero-order valence-corrected chi connectivity index (χ0v) is 13.5. The average Bonchev–Trinajstić information content (AvgIpc) is 3.05. The second-order valence-electron chi connectivity index (χ2n) is 5.31. The number of carbonyl (C=O) groups is 1. The Morgan fingerprint density at radius 2 is 2.22 bits per heavy atom. The van der Waals surface area contributed by atoms with Crippen LogP contribution in [0.4, 0.5) is 0 Å². The summed E-state index contributed by atoms with van der Waals surface area (Å²) in [6, 6.07) is 7.06. The van der Waals surface area contributed by atoms with E-state index in [0.717, 1.165) is 11.1 Å². The van der Waals surface area contributed by atoms with E-state index in [2.05, 4.69) is 4.98 Å². The lowest BCUT2D eigenvalue weighted by atomic mass is 10.2. The van der Waals surface area contributed by atoms with Crippen LogP contribution in [0.25, 0.3) is 5.65 Å². The van der Waals surface area contributed by atoms with Crippen LogP contribution in [0, 0.1) is 6.92 Å². The Morgan fingerprint density at radius 3 is 3.00 bits per heavy atom. The van der Waals surface area contributed by atoms with Crippen LogP contribution in [0.1, 0.15) is 23.2 Å². The molecule has 3 aromatic heterocycles. The molecule has 3 heterocycles. The molecule has 0 aromatic carbocycles. The number of fused-ring (bicyclic) bond motifs is 1. The highest BCUT2D eigenvalue weighted by Gasteiger charge is 2.07. The molecular formula is C17H16N2O3S. The molecule has 0 aliphatic heterocycles. The maximum Gasteiger partial charge on any atom is 0.306 e. The van der Waals surface area contributed by atoms with E-state index in [0.29, 0.717) is 24.2 Å². The highest BCUT2D eigenvalue weighted by Crippen LogP contribution is 2.09. The van der Waals surface area contributed by atoms with Gasteiger partial charge in [0.25, 0.3) is 5.56 Å². The van der Waals surface area contributed by atoms with E-state index in [1.807, 2.05) is 29.8 Å². The molecule has 0 saturated carbocycles. The first-order valence-electron chi connectivity index (χ1n) is 7.27. The summed E-state index contributed by atoms with van der Waals surface area (Å²) in [5.41, 5.74) is 2.94. The zero-order chi connectivity index (χ0) is 16.2. The molecule has 0 aliphatic carbocycles. The van der Waals surface area contributed by atoms with Crippen molar-refractivity contribution in [2.24, 2.45) is 0 Å². The molecule has 0 unspecified atom stereocenters. The van der Waals surface area contributed by atoms with Gasteiger partial charge in [-0.25, -0.2) is 4.98 Å². The first kappa shape index (κ1) is 15.4. The number of pyridine rings is 1. The van der Waals surface area contributed by atoms with Crippen LogP contribution in [-0.4, -0.2) is 15.4 Å². The van der Waals surface area contributed by atoms with Gasteiger partial charge in [-0.3, -0.25) is 14.0 Å². The lowest BCUT2D eigenvalue weighted by Gasteiger charge is -2.06. The molecule has 3 aromatic rings. The molecule has 0 spiro atoms. The predicted molar refractivity (Wildman–Crippen MR) is 88.6 cm³/mol. The molecule has 0 radical (unpaired) electrons. The van der Waals surface area contributed by atoms with E-state index in [9.17, 15) is 9.59 Å². The lowest BCUT2D eigenvalue weighted by molar-refractivity contribution is -0.145. The van der Waals surface area contributed by atoms with Gasteiger partial charge in [-0.2, -0.15) is 11.3 Å². The Labute approximate surface area is 137 Å². The quantitative estimate of drug-likeness (QED) is 0.676. The molecule has 6 heteroatoms. The van der Waals surface area contributed by atoms with Crippen LogP contribution in [0.2, 0.25) is 0 Å². The Kier molecular flexibility index (Phi) is 4.52. The minimum atomic E-state index is -0.290. The molecule has 0 fully saturated rings. The third-order valence-corrected chi connectivity index (χ3v) is 4.17. The number of nitrogens with zero attached hydrogens (tertiary/aromatic N) is 2. The Morgan fingerprint density at radius 1 is 1.35 bits per heavy atom. The van der Waals surface area contributed by atoms with Gasteiger partial charge in [0.2, 0.25) is 0 Å². The normalized spacial score (nSPS) is 10.8. The molecule has 0 bridgehead atoms. The van der Waals surface area contributed by atoms with Crippen molar-refractivity contribution in [3.63, 3.8) is 0 Å². The number of carbonyl (C=O) groups excluding carboxylic acids is 1. The predicted octanol–water partition coefficient (Wildman–Crippen LogP) is 2.74. The molecule has 118 valence electrons. The smallest absolute Gasteiger partial charge is 0.306 e. The van der Waals surface area contributed by atoms with Gasteiger partial charge in [0.1, 0.15) is 12.3 Å². The van der Waals surface area contributed by atoms with Crippen molar-refractivity contribution in [3.05, 3.63) is 68.4 Å². The molecule has 23 heavy (non-hydrogen) atoms. The van der Waals surface area contributed by atoms with Crippen molar-refractivity contribution in [2.75, 3.05) is 0 Å². The summed E-state index contributed by atoms with van der Waals surface area (Å²) >= 11 is 1.61. The molecule has 5 nitrogen and oxygen atoms in total. The van der Waals surface area contributed by atoms with Crippen molar-refractivity contribution in [1.82, 2.24) is 9.38 Å². The van der Waals surface area contributed by atoms with Crippen molar-refractivity contribution >= 4 is 23.0 Å². The maximum atomic E-state index is 12.1. The lowest BCUT2D eigenvalue weighted by Crippen LogP contribution is -2.17. The number of hydrogen-bond donors (Lipinski definition) is 0. The van der Waals surface area contributed by atoms with Gasteiger partial charge in [0.05, 0.1) is 5.69 Å². The third-order valence-electron chi connectivity index (χ3n) is 3.44. The van der Waals surface area contributed by atoms with Gasteiger partial charge in [-0.05, 0) is 47.4 Å². The van der Waals surface area contributed by atoms with Crippen molar-refractivity contribution in [1.29, 1.82) is 0 Å². The van der Waals surface area contributed by atoms with Crippen molar-refractivity contribution in [3.8, 4) is 0 Å². The minimum Gasteiger partial charge on any atom is -0.459 e. The summed E-state index contributed by atoms with van der Waals surface area (Å²) in [5.74, 6) is -0.290. The van der Waals surface area contributed by atoms with Gasteiger partial charge in [-0.1, -0.05) is 6.07 Å². The number of aryl methyl sites for hydroxylation is 2. The van der Waals surface area contributed by atoms with Crippen LogP contribution in [0.3, 0.4) is 0 Å². The van der Waals surface area contributed by atoms with Crippen LogP contribution in [0.5, 0.6) is 0 Å². The second kappa shape index (κ2) is 6.75. The maximum absolute atomic E-state index is 12.1. The largest absolute Gasteiger partial charge is 0.459 e.